The molecule has 0 unspecified atom stereocenters. The quantitative estimate of drug-likeness (QED) is 0.599. The first-order valence-electron chi connectivity index (χ1n) is 7.97. The largest absolute Gasteiger partial charge is 0.492 e. The van der Waals surface area contributed by atoms with Crippen molar-refractivity contribution >= 4 is 35.0 Å². The lowest BCUT2D eigenvalue weighted by atomic mass is 10.2. The van der Waals surface area contributed by atoms with Crippen molar-refractivity contribution in [1.82, 2.24) is 0 Å². The molecule has 132 valence electrons. The van der Waals surface area contributed by atoms with E-state index in [2.05, 4.69) is 5.32 Å². The highest BCUT2D eigenvalue weighted by molar-refractivity contribution is 7.12. The zero-order valence-corrected chi connectivity index (χ0v) is 15.3. The fourth-order valence-corrected chi connectivity index (χ4v) is 2.83. The summed E-state index contributed by atoms with van der Waals surface area (Å²) in [4.78, 5) is 26.2. The van der Waals surface area contributed by atoms with Crippen LogP contribution in [0, 0.1) is 6.92 Å². The smallest absolute Gasteiger partial charge is 0.331 e. The highest BCUT2D eigenvalue weighted by Crippen LogP contribution is 2.24. The number of benzene rings is 1. The molecule has 1 amide bonds. The molecule has 2 rings (SSSR count). The van der Waals surface area contributed by atoms with Gasteiger partial charge in [0.2, 0.25) is 0 Å². The number of carbonyl (C=O) groups is 2. The number of carbonyl (C=O) groups excluding carboxylic acids is 2. The van der Waals surface area contributed by atoms with Crippen LogP contribution in [0.5, 0.6) is 5.75 Å². The maximum atomic E-state index is 12.2. The van der Waals surface area contributed by atoms with Gasteiger partial charge in [0.25, 0.3) is 5.91 Å². The van der Waals surface area contributed by atoms with Crippen molar-refractivity contribution in [3.8, 4) is 5.75 Å². The number of nitrogens with one attached hydrogen (secondary N) is 1. The predicted molar refractivity (Wildman–Crippen MR) is 99.9 cm³/mol. The third kappa shape index (κ3) is 5.76. The molecule has 0 spiro atoms. The summed E-state index contributed by atoms with van der Waals surface area (Å²) in [7, 11) is 0. The average molecular weight is 359 g/mol. The van der Waals surface area contributed by atoms with Crippen molar-refractivity contribution in [2.45, 2.75) is 26.9 Å². The molecule has 5 nitrogen and oxygen atoms in total. The lowest BCUT2D eigenvalue weighted by molar-refractivity contribution is -0.148. The Morgan fingerprint density at radius 1 is 1.24 bits per heavy atom. The standard InChI is InChI=1S/C19H21NO4S/c1-4-23-17-8-6-5-7-16(17)20-19(22)14(3)24-18(21)12-11-15-10-9-13(2)25-15/h5-12,14H,4H2,1-3H3,(H,20,22)/b12-11+/t14-/m1/s1. The number of hydrogen-bond acceptors (Lipinski definition) is 5. The normalized spacial score (nSPS) is 12.0. The minimum Gasteiger partial charge on any atom is -0.492 e. The maximum absolute atomic E-state index is 12.2. The SMILES string of the molecule is CCOc1ccccc1NC(=O)[C@@H](C)OC(=O)/C=C/c1ccc(C)s1. The molecule has 6 heteroatoms. The molecule has 1 aromatic heterocycles. The van der Waals surface area contributed by atoms with E-state index in [4.69, 9.17) is 9.47 Å². The van der Waals surface area contributed by atoms with E-state index in [-0.39, 0.29) is 0 Å². The van der Waals surface area contributed by atoms with Gasteiger partial charge in [-0.3, -0.25) is 4.79 Å². The molecular formula is C19H21NO4S. The number of para-hydroxylation sites is 2. The molecule has 0 saturated carbocycles. The number of amides is 1. The second-order valence-electron chi connectivity index (χ2n) is 5.28. The van der Waals surface area contributed by atoms with Gasteiger partial charge in [0.05, 0.1) is 12.3 Å². The first kappa shape index (κ1) is 18.7. The van der Waals surface area contributed by atoms with Crippen LogP contribution >= 0.6 is 11.3 Å². The lowest BCUT2D eigenvalue weighted by Crippen LogP contribution is -2.29. The van der Waals surface area contributed by atoms with Gasteiger partial charge in [0, 0.05) is 15.8 Å². The summed E-state index contributed by atoms with van der Waals surface area (Å²) in [6, 6.07) is 11.0. The summed E-state index contributed by atoms with van der Waals surface area (Å²) in [5.41, 5.74) is 0.543. The predicted octanol–water partition coefficient (Wildman–Crippen LogP) is 4.04. The molecule has 0 aliphatic rings. The second kappa shape index (κ2) is 9.03. The first-order chi connectivity index (χ1) is 12.0. The van der Waals surface area contributed by atoms with Gasteiger partial charge < -0.3 is 14.8 Å². The molecule has 0 saturated heterocycles. The van der Waals surface area contributed by atoms with Crippen molar-refractivity contribution in [1.29, 1.82) is 0 Å². The van der Waals surface area contributed by atoms with Gasteiger partial charge in [0.15, 0.2) is 6.10 Å². The number of aryl methyl sites for hydroxylation is 1. The van der Waals surface area contributed by atoms with Crippen LogP contribution in [0.2, 0.25) is 0 Å². The summed E-state index contributed by atoms with van der Waals surface area (Å²) in [5, 5.41) is 2.71. The van der Waals surface area contributed by atoms with Crippen molar-refractivity contribution in [2.24, 2.45) is 0 Å². The van der Waals surface area contributed by atoms with E-state index in [0.717, 1.165) is 9.75 Å². The van der Waals surface area contributed by atoms with Gasteiger partial charge in [-0.2, -0.15) is 0 Å². The molecular weight excluding hydrogens is 338 g/mol. The molecule has 2 aromatic rings. The molecule has 1 N–H and O–H groups in total. The van der Waals surface area contributed by atoms with Crippen LogP contribution in [0.3, 0.4) is 0 Å². The van der Waals surface area contributed by atoms with Gasteiger partial charge in [-0.1, -0.05) is 12.1 Å². The fraction of sp³-hybridized carbons (Fsp3) is 0.263. The summed E-state index contributed by atoms with van der Waals surface area (Å²) in [5.74, 6) is -0.405. The van der Waals surface area contributed by atoms with Crippen LogP contribution in [0.15, 0.2) is 42.5 Å². The Morgan fingerprint density at radius 3 is 2.68 bits per heavy atom. The van der Waals surface area contributed by atoms with E-state index >= 15 is 0 Å². The number of thiophene rings is 1. The Kier molecular flexibility index (Phi) is 6.77. The average Bonchev–Trinajstić information content (AvgIpc) is 3.00. The van der Waals surface area contributed by atoms with E-state index < -0.39 is 18.0 Å². The third-order valence-electron chi connectivity index (χ3n) is 3.25. The number of anilines is 1. The van der Waals surface area contributed by atoms with Crippen LogP contribution < -0.4 is 10.1 Å². The molecule has 1 aromatic carbocycles. The summed E-state index contributed by atoms with van der Waals surface area (Å²) < 4.78 is 10.6. The Balaban J connectivity index is 1.91. The Labute approximate surface area is 151 Å². The maximum Gasteiger partial charge on any atom is 0.331 e. The summed E-state index contributed by atoms with van der Waals surface area (Å²) in [6.07, 6.45) is 2.08. The van der Waals surface area contributed by atoms with Crippen molar-refractivity contribution in [3.05, 3.63) is 52.2 Å². The molecule has 0 aliphatic carbocycles. The second-order valence-corrected chi connectivity index (χ2v) is 6.60. The van der Waals surface area contributed by atoms with E-state index in [0.29, 0.717) is 18.0 Å². The zero-order chi connectivity index (χ0) is 18.2. The van der Waals surface area contributed by atoms with Gasteiger partial charge in [-0.05, 0) is 51.1 Å². The van der Waals surface area contributed by atoms with Crippen molar-refractivity contribution in [3.63, 3.8) is 0 Å². The molecule has 25 heavy (non-hydrogen) atoms. The fourth-order valence-electron chi connectivity index (χ4n) is 2.05. The highest BCUT2D eigenvalue weighted by Gasteiger charge is 2.18. The van der Waals surface area contributed by atoms with Gasteiger partial charge in [-0.25, -0.2) is 4.79 Å². The number of esters is 1. The number of ether oxygens (including phenoxy) is 2. The van der Waals surface area contributed by atoms with E-state index in [9.17, 15) is 9.59 Å². The number of rotatable bonds is 7. The van der Waals surface area contributed by atoms with Crippen LogP contribution in [0.25, 0.3) is 6.08 Å². The highest BCUT2D eigenvalue weighted by atomic mass is 32.1. The molecule has 1 atom stereocenters. The summed E-state index contributed by atoms with van der Waals surface area (Å²) in [6.45, 7) is 5.88. The van der Waals surface area contributed by atoms with E-state index in [1.54, 1.807) is 35.6 Å². The Hall–Kier alpha value is -2.60. The van der Waals surface area contributed by atoms with E-state index in [1.165, 1.54) is 13.0 Å². The van der Waals surface area contributed by atoms with Gasteiger partial charge >= 0.3 is 5.97 Å². The summed E-state index contributed by atoms with van der Waals surface area (Å²) >= 11 is 1.58. The van der Waals surface area contributed by atoms with Crippen LogP contribution in [0.1, 0.15) is 23.6 Å². The van der Waals surface area contributed by atoms with Crippen molar-refractivity contribution in [2.75, 3.05) is 11.9 Å². The molecule has 0 fully saturated rings. The molecule has 0 bridgehead atoms. The Morgan fingerprint density at radius 2 is 2.00 bits per heavy atom. The molecule has 0 aliphatic heterocycles. The van der Waals surface area contributed by atoms with Crippen molar-refractivity contribution < 1.29 is 19.1 Å². The molecule has 0 radical (unpaired) electrons. The Bertz CT molecular complexity index is 766. The topological polar surface area (TPSA) is 64.6 Å². The monoisotopic (exact) mass is 359 g/mol. The first-order valence-corrected chi connectivity index (χ1v) is 8.79. The minimum absolute atomic E-state index is 0.416. The lowest BCUT2D eigenvalue weighted by Gasteiger charge is -2.14. The van der Waals surface area contributed by atoms with Gasteiger partial charge in [0.1, 0.15) is 5.75 Å². The van der Waals surface area contributed by atoms with Crippen LogP contribution in [-0.4, -0.2) is 24.6 Å². The van der Waals surface area contributed by atoms with Crippen LogP contribution in [0.4, 0.5) is 5.69 Å². The van der Waals surface area contributed by atoms with E-state index in [1.807, 2.05) is 32.0 Å². The zero-order valence-electron chi connectivity index (χ0n) is 14.4. The number of hydrogen-bond donors (Lipinski definition) is 1. The van der Waals surface area contributed by atoms with Crippen LogP contribution in [-0.2, 0) is 14.3 Å². The third-order valence-corrected chi connectivity index (χ3v) is 4.22. The molecule has 1 heterocycles. The van der Waals surface area contributed by atoms with Gasteiger partial charge in [-0.15, -0.1) is 11.3 Å². The minimum atomic E-state index is -0.920.